The van der Waals surface area contributed by atoms with Crippen molar-refractivity contribution < 1.29 is 0 Å². The molecule has 0 fully saturated rings. The summed E-state index contributed by atoms with van der Waals surface area (Å²) >= 11 is 11.3. The van der Waals surface area contributed by atoms with Crippen LogP contribution in [0.3, 0.4) is 0 Å². The summed E-state index contributed by atoms with van der Waals surface area (Å²) in [6.07, 6.45) is 3.67. The number of halogens is 3. The molecule has 0 atom stereocenters. The van der Waals surface area contributed by atoms with Gasteiger partial charge in [-0.3, -0.25) is 9.97 Å². The van der Waals surface area contributed by atoms with Crippen molar-refractivity contribution >= 4 is 113 Å². The van der Waals surface area contributed by atoms with Crippen LogP contribution >= 0.6 is 47.8 Å². The van der Waals surface area contributed by atoms with Gasteiger partial charge in [0.15, 0.2) is 0 Å². The number of rotatable bonds is 12. The van der Waals surface area contributed by atoms with Crippen LogP contribution in [0.15, 0.2) is 426 Å². The number of pyridine rings is 4. The van der Waals surface area contributed by atoms with Gasteiger partial charge in [0.05, 0.1) is 67.3 Å². The highest BCUT2D eigenvalue weighted by molar-refractivity contribution is 9.11. The molecule has 21 rings (SSSR count). The summed E-state index contributed by atoms with van der Waals surface area (Å²) < 4.78 is 10.3. The Balaban J connectivity index is 0.000000115. The summed E-state index contributed by atoms with van der Waals surface area (Å²) in [6.45, 7) is 0. The summed E-state index contributed by atoms with van der Waals surface area (Å²) in [6, 6.07) is 140. The SMILES string of the molecule is Brc1cccc2c1c1ccccc1n2-c1ccc(-c2cc(-c3ccccc3)cc(-c3ccccc3)n2)cc1.Brc1cccc2c1c1ccccc1n2-c1ccc(-c2cc(-c3ccccc3)nc(-c3ccccc3)c2)cc1.Brc1cccc2c1c1ccccc1n2-c1ccc(-c2cc(-c3ccccn3)cc(-c3ccccn3)c2)cc1. The zero-order chi connectivity index (χ0) is 76.4. The molecule has 7 heterocycles. The average molecular weight is 1660 g/mol. The van der Waals surface area contributed by atoms with E-state index < -0.39 is 0 Å². The number of benzene rings is 14. The Kier molecular flexibility index (Phi) is 19.5. The molecular weight excluding hydrogens is 1590 g/mol. The van der Waals surface area contributed by atoms with Crippen LogP contribution in [0.1, 0.15) is 0 Å². The molecule has 0 spiro atoms. The summed E-state index contributed by atoms with van der Waals surface area (Å²) in [5.74, 6) is 0. The molecule has 0 saturated carbocycles. The summed E-state index contributed by atoms with van der Waals surface area (Å²) in [5, 5.41) is 7.42. The molecule has 0 aliphatic rings. The standard InChI is InChI=1S/2C35H23BrN2.C34H22BrN3/c36-30-15-9-17-34-35(30)29-14-7-8-16-33(29)38(34)28-20-18-24(19-21-28)27-22-31(25-10-3-1-4-11-25)37-32(23-27)26-12-5-2-6-13-26;36-30-15-9-17-34-35(30)29-14-7-8-16-33(29)38(34)28-20-18-26(19-21-28)32-23-27(24-10-3-1-4-11-24)22-31(37-32)25-12-5-2-6-13-25;35-29-9-7-13-33-34(29)28-8-1-2-12-32(28)38(33)27-16-14-23(15-17-27)24-20-25(30-10-3-5-18-36-30)22-26(21-24)31-11-4-6-19-37-31/h2*1-23H;1-22H. The minimum atomic E-state index is 0.944. The molecule has 0 saturated heterocycles. The zero-order valence-electron chi connectivity index (χ0n) is 61.5. The third-order valence-corrected chi connectivity index (χ3v) is 23.1. The van der Waals surface area contributed by atoms with Crippen molar-refractivity contribution in [1.29, 1.82) is 0 Å². The first-order chi connectivity index (χ1) is 56.3. The lowest BCUT2D eigenvalue weighted by molar-refractivity contribution is 1.18. The third kappa shape index (κ3) is 13.9. The lowest BCUT2D eigenvalue weighted by Gasteiger charge is -2.12. The van der Waals surface area contributed by atoms with Gasteiger partial charge >= 0.3 is 0 Å². The molecule has 10 heteroatoms. The van der Waals surface area contributed by atoms with Gasteiger partial charge in [0.1, 0.15) is 0 Å². The van der Waals surface area contributed by atoms with E-state index >= 15 is 0 Å². The summed E-state index contributed by atoms with van der Waals surface area (Å²) in [5.41, 5.74) is 29.8. The van der Waals surface area contributed by atoms with Crippen LogP contribution < -0.4 is 0 Å². The van der Waals surface area contributed by atoms with Crippen LogP contribution in [0, 0.1) is 0 Å². The molecule has 14 aromatic carbocycles. The topological polar surface area (TPSA) is 66.3 Å². The Morgan fingerprint density at radius 2 is 0.430 bits per heavy atom. The third-order valence-electron chi connectivity index (χ3n) is 21.1. The van der Waals surface area contributed by atoms with Crippen LogP contribution in [0.4, 0.5) is 0 Å². The molecule has 114 heavy (non-hydrogen) atoms. The molecule has 0 aliphatic heterocycles. The summed E-state index contributed by atoms with van der Waals surface area (Å²) in [4.78, 5) is 19.3. The Morgan fingerprint density at radius 3 is 0.754 bits per heavy atom. The van der Waals surface area contributed by atoms with Crippen molar-refractivity contribution in [2.75, 3.05) is 0 Å². The van der Waals surface area contributed by atoms with E-state index in [1.807, 2.05) is 67.0 Å². The molecule has 0 N–H and O–H groups in total. The summed E-state index contributed by atoms with van der Waals surface area (Å²) in [7, 11) is 0. The van der Waals surface area contributed by atoms with E-state index in [0.29, 0.717) is 0 Å². The van der Waals surface area contributed by atoms with Crippen molar-refractivity contribution in [2.45, 2.75) is 0 Å². The van der Waals surface area contributed by atoms with E-state index in [-0.39, 0.29) is 0 Å². The first kappa shape index (κ1) is 70.9. The average Bonchev–Trinajstić information content (AvgIpc) is 1.60. The van der Waals surface area contributed by atoms with Crippen LogP contribution in [-0.4, -0.2) is 33.6 Å². The van der Waals surface area contributed by atoms with Gasteiger partial charge in [0.25, 0.3) is 0 Å². The first-order valence-electron chi connectivity index (χ1n) is 37.9. The van der Waals surface area contributed by atoms with Gasteiger partial charge in [0.2, 0.25) is 0 Å². The number of aromatic nitrogens is 7. The fraction of sp³-hybridized carbons (Fsp3) is 0. The second kappa shape index (κ2) is 31.4. The molecule has 7 aromatic heterocycles. The van der Waals surface area contributed by atoms with Crippen LogP contribution in [0.25, 0.3) is 183 Å². The second-order valence-corrected chi connectivity index (χ2v) is 30.6. The molecular formula is C104H68Br3N7. The highest BCUT2D eigenvalue weighted by atomic mass is 79.9. The van der Waals surface area contributed by atoms with Crippen LogP contribution in [0.5, 0.6) is 0 Å². The largest absolute Gasteiger partial charge is 0.309 e. The van der Waals surface area contributed by atoms with Crippen molar-refractivity contribution in [3.8, 4) is 118 Å². The lowest BCUT2D eigenvalue weighted by atomic mass is 9.96. The molecule has 0 bridgehead atoms. The minimum absolute atomic E-state index is 0.944. The molecule has 0 aliphatic carbocycles. The van der Waals surface area contributed by atoms with E-state index in [1.165, 1.54) is 71.0 Å². The predicted molar refractivity (Wildman–Crippen MR) is 486 cm³/mol. The van der Waals surface area contributed by atoms with Gasteiger partial charge in [-0.1, -0.05) is 290 Å². The van der Waals surface area contributed by atoms with Crippen LogP contribution in [-0.2, 0) is 0 Å². The molecule has 0 radical (unpaired) electrons. The number of hydrogen-bond donors (Lipinski definition) is 0. The van der Waals surface area contributed by atoms with Gasteiger partial charge in [-0.2, -0.15) is 0 Å². The molecule has 540 valence electrons. The minimum Gasteiger partial charge on any atom is -0.309 e. The molecule has 0 unspecified atom stereocenters. The highest BCUT2D eigenvalue weighted by Crippen LogP contribution is 2.43. The molecule has 7 nitrogen and oxygen atoms in total. The zero-order valence-corrected chi connectivity index (χ0v) is 66.3. The number of hydrogen-bond acceptors (Lipinski definition) is 4. The van der Waals surface area contributed by atoms with Gasteiger partial charge in [0, 0.05) is 109 Å². The van der Waals surface area contributed by atoms with Crippen LogP contribution in [0.2, 0.25) is 0 Å². The normalized spacial score (nSPS) is 11.3. The van der Waals surface area contributed by atoms with E-state index in [9.17, 15) is 0 Å². The van der Waals surface area contributed by atoms with Gasteiger partial charge in [-0.05, 0) is 191 Å². The van der Waals surface area contributed by atoms with E-state index in [4.69, 9.17) is 9.97 Å². The van der Waals surface area contributed by atoms with Gasteiger partial charge in [-0.15, -0.1) is 0 Å². The smallest absolute Gasteiger partial charge is 0.0715 e. The van der Waals surface area contributed by atoms with Crippen molar-refractivity contribution in [1.82, 2.24) is 33.6 Å². The fourth-order valence-electron chi connectivity index (χ4n) is 15.7. The van der Waals surface area contributed by atoms with Gasteiger partial charge < -0.3 is 13.7 Å². The maximum atomic E-state index is 5.09. The number of nitrogens with zero attached hydrogens (tertiary/aromatic N) is 7. The fourth-order valence-corrected chi connectivity index (χ4v) is 17.5. The second-order valence-electron chi connectivity index (χ2n) is 28.0. The first-order valence-corrected chi connectivity index (χ1v) is 40.3. The Morgan fingerprint density at radius 1 is 0.175 bits per heavy atom. The Labute approximate surface area is 685 Å². The number of para-hydroxylation sites is 3. The Hall–Kier alpha value is -13.5. The quantitative estimate of drug-likeness (QED) is 0.122. The maximum absolute atomic E-state index is 5.09. The van der Waals surface area contributed by atoms with Crippen molar-refractivity contribution in [3.63, 3.8) is 0 Å². The number of fused-ring (bicyclic) bond motifs is 9. The highest BCUT2D eigenvalue weighted by Gasteiger charge is 2.20. The van der Waals surface area contributed by atoms with E-state index in [1.54, 1.807) is 0 Å². The Bertz CT molecular complexity index is 6220. The van der Waals surface area contributed by atoms with Gasteiger partial charge in [-0.25, -0.2) is 9.97 Å². The van der Waals surface area contributed by atoms with E-state index in [0.717, 1.165) is 126 Å². The van der Waals surface area contributed by atoms with E-state index in [2.05, 4.69) is 417 Å². The monoisotopic (exact) mass is 1650 g/mol. The molecule has 21 aromatic rings. The van der Waals surface area contributed by atoms with Crippen molar-refractivity contribution in [3.05, 3.63) is 426 Å². The maximum Gasteiger partial charge on any atom is 0.0715 e. The lowest BCUT2D eigenvalue weighted by Crippen LogP contribution is -1.95. The molecule has 0 amide bonds. The predicted octanol–water partition coefficient (Wildman–Crippen LogP) is 29.2. The van der Waals surface area contributed by atoms with Crippen molar-refractivity contribution in [2.24, 2.45) is 0 Å².